The van der Waals surface area contributed by atoms with Crippen LogP contribution in [0.4, 0.5) is 5.69 Å². The van der Waals surface area contributed by atoms with E-state index in [1.807, 2.05) is 31.2 Å². The zero-order valence-electron chi connectivity index (χ0n) is 15.7. The third-order valence-electron chi connectivity index (χ3n) is 4.26. The summed E-state index contributed by atoms with van der Waals surface area (Å²) in [4.78, 5) is 34.7. The molecule has 0 aliphatic carbocycles. The van der Waals surface area contributed by atoms with Gasteiger partial charge in [0.1, 0.15) is 0 Å². The number of amides is 1. The molecule has 0 radical (unpaired) electrons. The molecule has 2 aromatic carbocycles. The van der Waals surface area contributed by atoms with Crippen LogP contribution >= 0.6 is 0 Å². The van der Waals surface area contributed by atoms with Crippen molar-refractivity contribution >= 4 is 17.6 Å². The number of rotatable bonds is 6. The fourth-order valence-electron chi connectivity index (χ4n) is 2.62. The van der Waals surface area contributed by atoms with Gasteiger partial charge in [0, 0.05) is 17.7 Å². The Morgan fingerprint density at radius 1 is 1.00 bits per heavy atom. The number of nitrogens with one attached hydrogen (secondary N) is 1. The summed E-state index contributed by atoms with van der Waals surface area (Å²) in [6.45, 7) is 6.02. The van der Waals surface area contributed by atoms with Crippen molar-refractivity contribution in [3.63, 3.8) is 0 Å². The Kier molecular flexibility index (Phi) is 6.28. The second-order valence-electron chi connectivity index (χ2n) is 6.53. The highest BCUT2D eigenvalue weighted by Gasteiger charge is 2.19. The second-order valence-corrected chi connectivity index (χ2v) is 6.53. The molecule has 0 aromatic heterocycles. The maximum atomic E-state index is 12.6. The van der Waals surface area contributed by atoms with Crippen LogP contribution in [0, 0.1) is 10.1 Å². The SMILES string of the molecule is COC(=O)c1cc(C(=O)NC(C)c2ccc(C(C)C)cc2)cc([N+](=O)[O-])c1. The van der Waals surface area contributed by atoms with Crippen molar-refractivity contribution < 1.29 is 19.2 Å². The zero-order chi connectivity index (χ0) is 20.1. The Labute approximate surface area is 157 Å². The van der Waals surface area contributed by atoms with E-state index >= 15 is 0 Å². The third-order valence-corrected chi connectivity index (χ3v) is 4.26. The van der Waals surface area contributed by atoms with Gasteiger partial charge in [0.05, 0.1) is 23.6 Å². The molecule has 0 saturated heterocycles. The monoisotopic (exact) mass is 370 g/mol. The van der Waals surface area contributed by atoms with Crippen molar-refractivity contribution in [3.8, 4) is 0 Å². The van der Waals surface area contributed by atoms with Gasteiger partial charge in [0.15, 0.2) is 0 Å². The minimum absolute atomic E-state index is 0.0234. The van der Waals surface area contributed by atoms with Crippen LogP contribution in [-0.2, 0) is 4.74 Å². The van der Waals surface area contributed by atoms with Gasteiger partial charge in [-0.15, -0.1) is 0 Å². The molecule has 7 heteroatoms. The summed E-state index contributed by atoms with van der Waals surface area (Å²) in [5.74, 6) is -0.847. The molecular weight excluding hydrogens is 348 g/mol. The van der Waals surface area contributed by atoms with E-state index in [9.17, 15) is 19.7 Å². The summed E-state index contributed by atoms with van der Waals surface area (Å²) in [6, 6.07) is 11.1. The molecule has 0 saturated carbocycles. The lowest BCUT2D eigenvalue weighted by Crippen LogP contribution is -2.27. The maximum Gasteiger partial charge on any atom is 0.338 e. The highest BCUT2D eigenvalue weighted by Crippen LogP contribution is 2.21. The van der Waals surface area contributed by atoms with Gasteiger partial charge < -0.3 is 10.1 Å². The summed E-state index contributed by atoms with van der Waals surface area (Å²) in [5.41, 5.74) is 1.73. The average Bonchev–Trinajstić information content (AvgIpc) is 2.66. The number of nitro groups is 1. The predicted octanol–water partition coefficient (Wildman–Crippen LogP) is 4.00. The molecule has 0 heterocycles. The first kappa shape index (κ1) is 20.1. The molecule has 0 fully saturated rings. The number of hydrogen-bond acceptors (Lipinski definition) is 5. The largest absolute Gasteiger partial charge is 0.465 e. The van der Waals surface area contributed by atoms with E-state index in [2.05, 4.69) is 23.9 Å². The lowest BCUT2D eigenvalue weighted by atomic mass is 9.99. The molecular formula is C20H22N2O5. The zero-order valence-corrected chi connectivity index (χ0v) is 15.7. The molecule has 1 amide bonds. The van der Waals surface area contributed by atoms with Crippen molar-refractivity contribution in [1.29, 1.82) is 0 Å². The van der Waals surface area contributed by atoms with E-state index in [1.54, 1.807) is 0 Å². The number of ether oxygens (including phenoxy) is 1. The summed E-state index contributed by atoms with van der Waals surface area (Å²) in [5, 5.41) is 13.9. The van der Waals surface area contributed by atoms with Crippen LogP contribution in [-0.4, -0.2) is 23.9 Å². The number of nitro benzene ring substituents is 1. The van der Waals surface area contributed by atoms with E-state index in [0.717, 1.165) is 17.7 Å². The average molecular weight is 370 g/mol. The van der Waals surface area contributed by atoms with Crippen molar-refractivity contribution in [1.82, 2.24) is 5.32 Å². The van der Waals surface area contributed by atoms with Gasteiger partial charge in [-0.05, 0) is 30.0 Å². The van der Waals surface area contributed by atoms with Crippen molar-refractivity contribution in [2.75, 3.05) is 7.11 Å². The molecule has 0 bridgehead atoms. The van der Waals surface area contributed by atoms with Crippen LogP contribution in [0.5, 0.6) is 0 Å². The third kappa shape index (κ3) is 4.91. The van der Waals surface area contributed by atoms with Crippen molar-refractivity contribution in [2.24, 2.45) is 0 Å². The number of hydrogen-bond donors (Lipinski definition) is 1. The summed E-state index contributed by atoms with van der Waals surface area (Å²) >= 11 is 0. The number of esters is 1. The first-order valence-corrected chi connectivity index (χ1v) is 8.51. The molecule has 1 unspecified atom stereocenters. The van der Waals surface area contributed by atoms with E-state index in [-0.39, 0.29) is 22.9 Å². The molecule has 1 atom stereocenters. The van der Waals surface area contributed by atoms with Crippen LogP contribution in [0.1, 0.15) is 64.6 Å². The van der Waals surface area contributed by atoms with E-state index in [1.165, 1.54) is 18.7 Å². The molecule has 142 valence electrons. The molecule has 27 heavy (non-hydrogen) atoms. The topological polar surface area (TPSA) is 98.5 Å². The van der Waals surface area contributed by atoms with E-state index < -0.39 is 16.8 Å². The number of methoxy groups -OCH3 is 1. The maximum absolute atomic E-state index is 12.6. The molecule has 1 N–H and O–H groups in total. The number of carbonyl (C=O) groups excluding carboxylic acids is 2. The summed E-state index contributed by atoms with van der Waals surface area (Å²) in [7, 11) is 1.17. The predicted molar refractivity (Wildman–Crippen MR) is 101 cm³/mol. The molecule has 0 spiro atoms. The fraction of sp³-hybridized carbons (Fsp3) is 0.300. The Balaban J connectivity index is 2.24. The van der Waals surface area contributed by atoms with Gasteiger partial charge in [-0.3, -0.25) is 14.9 Å². The molecule has 0 aliphatic heterocycles. The van der Waals surface area contributed by atoms with E-state index in [4.69, 9.17) is 0 Å². The van der Waals surface area contributed by atoms with Gasteiger partial charge in [-0.1, -0.05) is 38.1 Å². The van der Waals surface area contributed by atoms with Crippen LogP contribution in [0.25, 0.3) is 0 Å². The standard InChI is InChI=1S/C20H22N2O5/c1-12(2)14-5-7-15(8-6-14)13(3)21-19(23)16-9-17(20(24)27-4)11-18(10-16)22(25)26/h5-13H,1-4H3,(H,21,23). The van der Waals surface area contributed by atoms with Gasteiger partial charge in [0.2, 0.25) is 0 Å². The Morgan fingerprint density at radius 2 is 1.56 bits per heavy atom. The smallest absolute Gasteiger partial charge is 0.338 e. The van der Waals surface area contributed by atoms with Crippen LogP contribution in [0.2, 0.25) is 0 Å². The number of nitrogens with zero attached hydrogens (tertiary/aromatic N) is 1. The van der Waals surface area contributed by atoms with Crippen LogP contribution in [0.3, 0.4) is 0 Å². The summed E-state index contributed by atoms with van der Waals surface area (Å²) in [6.07, 6.45) is 0. The minimum Gasteiger partial charge on any atom is -0.465 e. The van der Waals surface area contributed by atoms with Crippen LogP contribution in [0.15, 0.2) is 42.5 Å². The quantitative estimate of drug-likeness (QED) is 0.471. The van der Waals surface area contributed by atoms with Crippen molar-refractivity contribution in [2.45, 2.75) is 32.7 Å². The normalized spacial score (nSPS) is 11.7. The van der Waals surface area contributed by atoms with Crippen molar-refractivity contribution in [3.05, 3.63) is 74.8 Å². The number of benzene rings is 2. The molecule has 2 aromatic rings. The minimum atomic E-state index is -0.745. The highest BCUT2D eigenvalue weighted by molar-refractivity contribution is 5.99. The first-order chi connectivity index (χ1) is 12.7. The number of carbonyl (C=O) groups is 2. The fourth-order valence-corrected chi connectivity index (χ4v) is 2.62. The lowest BCUT2D eigenvalue weighted by molar-refractivity contribution is -0.384. The molecule has 2 rings (SSSR count). The molecule has 0 aliphatic rings. The lowest BCUT2D eigenvalue weighted by Gasteiger charge is -2.16. The number of non-ortho nitro benzene ring substituents is 1. The van der Waals surface area contributed by atoms with Gasteiger partial charge >= 0.3 is 5.97 Å². The Morgan fingerprint density at radius 3 is 2.07 bits per heavy atom. The van der Waals surface area contributed by atoms with Gasteiger partial charge in [-0.25, -0.2) is 4.79 Å². The summed E-state index contributed by atoms with van der Waals surface area (Å²) < 4.78 is 4.59. The Hall–Kier alpha value is -3.22. The second kappa shape index (κ2) is 8.44. The Bertz CT molecular complexity index is 859. The highest BCUT2D eigenvalue weighted by atomic mass is 16.6. The molecule has 7 nitrogen and oxygen atoms in total. The van der Waals surface area contributed by atoms with Gasteiger partial charge in [-0.2, -0.15) is 0 Å². The first-order valence-electron chi connectivity index (χ1n) is 8.51. The van der Waals surface area contributed by atoms with Gasteiger partial charge in [0.25, 0.3) is 11.6 Å². The van der Waals surface area contributed by atoms with Crippen LogP contribution < -0.4 is 5.32 Å². The van der Waals surface area contributed by atoms with E-state index in [0.29, 0.717) is 5.92 Å².